The van der Waals surface area contributed by atoms with E-state index in [1.54, 1.807) is 13.8 Å². The fourth-order valence-electron chi connectivity index (χ4n) is 2.36. The first kappa shape index (κ1) is 15.9. The number of thiophene rings is 1. The summed E-state index contributed by atoms with van der Waals surface area (Å²) in [5.74, 6) is -1.83. The number of aryl methyl sites for hydroxylation is 1. The predicted octanol–water partition coefficient (Wildman–Crippen LogP) is 0.641. The molecule has 0 aromatic carbocycles. The Balaban J connectivity index is 2.44. The molecule has 1 aliphatic rings. The zero-order valence-corrected chi connectivity index (χ0v) is 13.3. The molecule has 2 rings (SSSR count). The zero-order valence-electron chi connectivity index (χ0n) is 11.6. The van der Waals surface area contributed by atoms with Gasteiger partial charge in [-0.05, 0) is 31.2 Å². The first-order valence-corrected chi connectivity index (χ1v) is 8.53. The van der Waals surface area contributed by atoms with Gasteiger partial charge in [0.1, 0.15) is 9.77 Å². The topological polar surface area (TPSA) is 118 Å². The van der Waals surface area contributed by atoms with Crippen LogP contribution in [0.2, 0.25) is 0 Å². The highest BCUT2D eigenvalue weighted by Gasteiger charge is 2.45. The number of carbonyl (C=O) groups excluding carboxylic acids is 1. The van der Waals surface area contributed by atoms with Crippen LogP contribution in [0, 0.1) is 12.3 Å². The van der Waals surface area contributed by atoms with E-state index < -0.39 is 27.3 Å². The molecular weight excluding hydrogens is 316 g/mol. The first-order chi connectivity index (χ1) is 9.59. The summed E-state index contributed by atoms with van der Waals surface area (Å²) in [6.45, 7) is 3.29. The molecule has 1 fully saturated rings. The SMILES string of the molecule is Cc1csc(C(=O)O)c1S(=O)(=O)N1CCC(C)(C(N)=O)C1. The number of nitrogens with two attached hydrogens (primary N) is 1. The standard InChI is InChI=1S/C12H16N2O5S2/c1-7-5-20-8(10(15)16)9(7)21(18,19)14-4-3-12(2,6-14)11(13)17/h5H,3-4,6H2,1-2H3,(H2,13,17)(H,15,16). The van der Waals surface area contributed by atoms with Crippen LogP contribution in [0.25, 0.3) is 0 Å². The van der Waals surface area contributed by atoms with Crippen molar-refractivity contribution in [2.45, 2.75) is 25.2 Å². The van der Waals surface area contributed by atoms with Crippen molar-refractivity contribution in [3.8, 4) is 0 Å². The van der Waals surface area contributed by atoms with E-state index >= 15 is 0 Å². The maximum Gasteiger partial charge on any atom is 0.347 e. The van der Waals surface area contributed by atoms with Gasteiger partial charge in [0.15, 0.2) is 0 Å². The Labute approximate surface area is 126 Å². The van der Waals surface area contributed by atoms with Crippen molar-refractivity contribution in [2.24, 2.45) is 11.1 Å². The minimum atomic E-state index is -3.95. The van der Waals surface area contributed by atoms with Gasteiger partial charge in [0, 0.05) is 13.1 Å². The summed E-state index contributed by atoms with van der Waals surface area (Å²) < 4.78 is 26.5. The lowest BCUT2D eigenvalue weighted by atomic mass is 9.89. The maximum absolute atomic E-state index is 12.7. The number of carbonyl (C=O) groups is 2. The van der Waals surface area contributed by atoms with Crippen molar-refractivity contribution in [1.29, 1.82) is 0 Å². The molecule has 116 valence electrons. The second-order valence-electron chi connectivity index (χ2n) is 5.40. The van der Waals surface area contributed by atoms with Crippen LogP contribution >= 0.6 is 11.3 Å². The largest absolute Gasteiger partial charge is 0.477 e. The van der Waals surface area contributed by atoms with Crippen LogP contribution in [0.4, 0.5) is 0 Å². The van der Waals surface area contributed by atoms with Crippen LogP contribution in [-0.4, -0.2) is 42.8 Å². The molecule has 0 saturated carbocycles. The monoisotopic (exact) mass is 332 g/mol. The van der Waals surface area contributed by atoms with Crippen LogP contribution in [0.1, 0.15) is 28.6 Å². The number of primary amides is 1. The first-order valence-electron chi connectivity index (χ1n) is 6.21. The van der Waals surface area contributed by atoms with Crippen molar-refractivity contribution >= 4 is 33.2 Å². The highest BCUT2D eigenvalue weighted by atomic mass is 32.2. The molecule has 21 heavy (non-hydrogen) atoms. The van der Waals surface area contributed by atoms with Gasteiger partial charge < -0.3 is 10.8 Å². The Hall–Kier alpha value is -1.45. The molecular formula is C12H16N2O5S2. The maximum atomic E-state index is 12.7. The van der Waals surface area contributed by atoms with Gasteiger partial charge in [-0.15, -0.1) is 11.3 Å². The summed E-state index contributed by atoms with van der Waals surface area (Å²) in [7, 11) is -3.95. The summed E-state index contributed by atoms with van der Waals surface area (Å²) in [6.07, 6.45) is 0.327. The smallest absolute Gasteiger partial charge is 0.347 e. The van der Waals surface area contributed by atoms with Crippen LogP contribution in [0.5, 0.6) is 0 Å². The Morgan fingerprint density at radius 1 is 1.48 bits per heavy atom. The Morgan fingerprint density at radius 3 is 2.57 bits per heavy atom. The number of amides is 1. The molecule has 1 saturated heterocycles. The van der Waals surface area contributed by atoms with Gasteiger partial charge in [0.2, 0.25) is 15.9 Å². The minimum absolute atomic E-state index is 0.0288. The molecule has 7 nitrogen and oxygen atoms in total. The van der Waals surface area contributed by atoms with E-state index in [-0.39, 0.29) is 22.9 Å². The van der Waals surface area contributed by atoms with Gasteiger partial charge in [0.25, 0.3) is 0 Å². The van der Waals surface area contributed by atoms with E-state index in [0.717, 1.165) is 15.6 Å². The molecule has 1 amide bonds. The Bertz CT molecular complexity index is 709. The molecule has 1 atom stereocenters. The fraction of sp³-hybridized carbons (Fsp3) is 0.500. The summed E-state index contributed by atoms with van der Waals surface area (Å²) in [4.78, 5) is 22.2. The molecule has 1 aliphatic heterocycles. The molecule has 1 aromatic heterocycles. The number of carboxylic acid groups (broad SMARTS) is 1. The number of nitrogens with zero attached hydrogens (tertiary/aromatic N) is 1. The third-order valence-electron chi connectivity index (χ3n) is 3.74. The molecule has 0 spiro atoms. The lowest BCUT2D eigenvalue weighted by Gasteiger charge is -2.21. The summed E-state index contributed by atoms with van der Waals surface area (Å²) in [5, 5.41) is 10.6. The highest BCUT2D eigenvalue weighted by molar-refractivity contribution is 7.89. The Morgan fingerprint density at radius 2 is 2.10 bits per heavy atom. The van der Waals surface area contributed by atoms with E-state index in [9.17, 15) is 18.0 Å². The average molecular weight is 332 g/mol. The lowest BCUT2D eigenvalue weighted by molar-refractivity contribution is -0.126. The Kier molecular flexibility index (Phi) is 3.85. The predicted molar refractivity (Wildman–Crippen MR) is 76.7 cm³/mol. The van der Waals surface area contributed by atoms with E-state index in [1.165, 1.54) is 5.38 Å². The van der Waals surface area contributed by atoms with Crippen molar-refractivity contribution in [1.82, 2.24) is 4.31 Å². The fourth-order valence-corrected chi connectivity index (χ4v) is 5.50. The number of rotatable bonds is 4. The molecule has 3 N–H and O–H groups in total. The van der Waals surface area contributed by atoms with Gasteiger partial charge in [-0.25, -0.2) is 13.2 Å². The minimum Gasteiger partial charge on any atom is -0.477 e. The van der Waals surface area contributed by atoms with E-state index in [2.05, 4.69) is 0 Å². The van der Waals surface area contributed by atoms with Crippen molar-refractivity contribution < 1.29 is 23.1 Å². The van der Waals surface area contributed by atoms with Gasteiger partial charge in [0.05, 0.1) is 5.41 Å². The number of hydrogen-bond acceptors (Lipinski definition) is 5. The van der Waals surface area contributed by atoms with Crippen molar-refractivity contribution in [3.05, 3.63) is 15.8 Å². The molecule has 1 aromatic rings. The molecule has 1 unspecified atom stereocenters. The third-order valence-corrected chi connectivity index (χ3v) is 6.99. The third kappa shape index (κ3) is 2.56. The molecule has 0 aliphatic carbocycles. The average Bonchev–Trinajstić information content (AvgIpc) is 2.94. The summed E-state index contributed by atoms with van der Waals surface area (Å²) in [5.41, 5.74) is 4.79. The number of sulfonamides is 1. The van der Waals surface area contributed by atoms with Gasteiger partial charge in [-0.3, -0.25) is 4.79 Å². The lowest BCUT2D eigenvalue weighted by Crippen LogP contribution is -2.38. The molecule has 0 radical (unpaired) electrons. The normalized spacial score (nSPS) is 23.3. The van der Waals surface area contributed by atoms with Crippen LogP contribution in [0.15, 0.2) is 10.3 Å². The van der Waals surface area contributed by atoms with E-state index in [0.29, 0.717) is 12.0 Å². The van der Waals surface area contributed by atoms with Crippen molar-refractivity contribution in [3.63, 3.8) is 0 Å². The number of hydrogen-bond donors (Lipinski definition) is 2. The second kappa shape index (κ2) is 5.08. The highest BCUT2D eigenvalue weighted by Crippen LogP contribution is 2.36. The van der Waals surface area contributed by atoms with E-state index in [1.807, 2.05) is 0 Å². The van der Waals surface area contributed by atoms with Crippen LogP contribution < -0.4 is 5.73 Å². The van der Waals surface area contributed by atoms with Crippen LogP contribution in [0.3, 0.4) is 0 Å². The van der Waals surface area contributed by atoms with Gasteiger partial charge in [-0.1, -0.05) is 0 Å². The number of carboxylic acids is 1. The van der Waals surface area contributed by atoms with E-state index in [4.69, 9.17) is 10.8 Å². The van der Waals surface area contributed by atoms with Gasteiger partial charge >= 0.3 is 5.97 Å². The summed E-state index contributed by atoms with van der Waals surface area (Å²) >= 11 is 0.879. The molecule has 9 heteroatoms. The molecule has 2 heterocycles. The van der Waals surface area contributed by atoms with Gasteiger partial charge in [-0.2, -0.15) is 4.31 Å². The quantitative estimate of drug-likeness (QED) is 0.839. The summed E-state index contributed by atoms with van der Waals surface area (Å²) in [6, 6.07) is 0. The van der Waals surface area contributed by atoms with Crippen molar-refractivity contribution in [2.75, 3.05) is 13.1 Å². The zero-order chi connectivity index (χ0) is 16.0. The van der Waals surface area contributed by atoms with Crippen LogP contribution in [-0.2, 0) is 14.8 Å². The molecule has 0 bridgehead atoms. The second-order valence-corrected chi connectivity index (χ2v) is 8.15. The number of aromatic carboxylic acids is 1.